The van der Waals surface area contributed by atoms with Gasteiger partial charge in [-0.15, -0.1) is 0 Å². The minimum Gasteiger partial charge on any atom is -0.426 e. The van der Waals surface area contributed by atoms with Gasteiger partial charge >= 0.3 is 6.11 Å². The first-order valence-electron chi connectivity index (χ1n) is 3.88. The molecule has 1 aromatic carbocycles. The molecule has 78 valence electrons. The summed E-state index contributed by atoms with van der Waals surface area (Å²) in [5, 5.41) is 10.4. The zero-order chi connectivity index (χ0) is 11.1. The minimum atomic E-state index is -3.51. The van der Waals surface area contributed by atoms with Crippen molar-refractivity contribution in [2.24, 2.45) is 4.99 Å². The van der Waals surface area contributed by atoms with Crippen molar-refractivity contribution in [2.45, 2.75) is 6.11 Å². The molecule has 0 saturated heterocycles. The van der Waals surface area contributed by atoms with E-state index in [1.165, 1.54) is 12.1 Å². The smallest absolute Gasteiger partial charge is 0.426 e. The van der Waals surface area contributed by atoms with Gasteiger partial charge in [0.15, 0.2) is 5.75 Å². The highest BCUT2D eigenvalue weighted by atomic mass is 19.3. The van der Waals surface area contributed by atoms with E-state index in [4.69, 9.17) is 0 Å². The first-order valence-corrected chi connectivity index (χ1v) is 3.88. The molecule has 0 aromatic heterocycles. The maximum atomic E-state index is 12.7. The number of nitro benzene ring substituents is 1. The Morgan fingerprint density at radius 3 is 2.87 bits per heavy atom. The van der Waals surface area contributed by atoms with Crippen LogP contribution in [0.3, 0.4) is 0 Å². The Balaban J connectivity index is 2.46. The molecule has 0 bridgehead atoms. The van der Waals surface area contributed by atoms with E-state index in [0.29, 0.717) is 6.21 Å². The van der Waals surface area contributed by atoms with Crippen molar-refractivity contribution in [2.75, 3.05) is 0 Å². The molecule has 0 fully saturated rings. The highest BCUT2D eigenvalue weighted by Gasteiger charge is 2.34. The molecular weight excluding hydrogens is 210 g/mol. The molecule has 0 aliphatic carbocycles. The molecule has 2 rings (SSSR count). The lowest BCUT2D eigenvalue weighted by Crippen LogP contribution is -2.28. The molecule has 0 radical (unpaired) electrons. The van der Waals surface area contributed by atoms with Crippen molar-refractivity contribution in [3.8, 4) is 5.75 Å². The first-order chi connectivity index (χ1) is 6.98. The number of non-ortho nitro benzene ring substituents is 1. The van der Waals surface area contributed by atoms with E-state index in [1.54, 1.807) is 0 Å². The van der Waals surface area contributed by atoms with Gasteiger partial charge in [-0.2, -0.15) is 8.78 Å². The predicted molar refractivity (Wildman–Crippen MR) is 46.8 cm³/mol. The number of fused-ring (bicyclic) bond motifs is 1. The Kier molecular flexibility index (Phi) is 1.88. The second-order valence-electron chi connectivity index (χ2n) is 2.83. The summed E-state index contributed by atoms with van der Waals surface area (Å²) in [5.74, 6) is -0.295. The average molecular weight is 214 g/mol. The van der Waals surface area contributed by atoms with E-state index < -0.39 is 11.0 Å². The summed E-state index contributed by atoms with van der Waals surface area (Å²) in [7, 11) is 0. The van der Waals surface area contributed by atoms with E-state index in [0.717, 1.165) is 6.07 Å². The second-order valence-corrected chi connectivity index (χ2v) is 2.83. The lowest BCUT2D eigenvalue weighted by atomic mass is 10.2. The summed E-state index contributed by atoms with van der Waals surface area (Å²) in [6.45, 7) is 0. The molecule has 1 heterocycles. The van der Waals surface area contributed by atoms with Gasteiger partial charge in [-0.1, -0.05) is 0 Å². The average Bonchev–Trinajstić information content (AvgIpc) is 2.15. The number of hydrogen-bond donors (Lipinski definition) is 0. The zero-order valence-corrected chi connectivity index (χ0v) is 7.18. The summed E-state index contributed by atoms with van der Waals surface area (Å²) >= 11 is 0. The van der Waals surface area contributed by atoms with Gasteiger partial charge < -0.3 is 4.74 Å². The Morgan fingerprint density at radius 1 is 1.47 bits per heavy atom. The summed E-state index contributed by atoms with van der Waals surface area (Å²) in [6.07, 6.45) is -3.16. The van der Waals surface area contributed by atoms with Gasteiger partial charge in [0.25, 0.3) is 5.69 Å². The third-order valence-electron chi connectivity index (χ3n) is 1.75. The van der Waals surface area contributed by atoms with Crippen LogP contribution in [-0.2, 0) is 0 Å². The fourth-order valence-electron chi connectivity index (χ4n) is 1.12. The third-order valence-corrected chi connectivity index (χ3v) is 1.75. The predicted octanol–water partition coefficient (Wildman–Crippen LogP) is 2.28. The number of benzene rings is 1. The summed E-state index contributed by atoms with van der Waals surface area (Å²) in [4.78, 5) is 13.1. The zero-order valence-electron chi connectivity index (χ0n) is 7.18. The van der Waals surface area contributed by atoms with Crippen LogP contribution in [0.4, 0.5) is 20.2 Å². The molecule has 0 N–H and O–H groups in total. The van der Waals surface area contributed by atoms with Crippen LogP contribution >= 0.6 is 0 Å². The highest BCUT2D eigenvalue weighted by Crippen LogP contribution is 2.37. The van der Waals surface area contributed by atoms with Crippen LogP contribution in [0.1, 0.15) is 0 Å². The lowest BCUT2D eigenvalue weighted by molar-refractivity contribution is -0.385. The molecule has 15 heavy (non-hydrogen) atoms. The maximum Gasteiger partial charge on any atom is 0.437 e. The fourth-order valence-corrected chi connectivity index (χ4v) is 1.12. The number of ether oxygens (including phenoxy) is 1. The number of nitro groups is 1. The number of alkyl halides is 2. The first kappa shape index (κ1) is 9.50. The van der Waals surface area contributed by atoms with Crippen LogP contribution in [-0.4, -0.2) is 17.2 Å². The van der Waals surface area contributed by atoms with Crippen LogP contribution in [0.25, 0.3) is 0 Å². The second kappa shape index (κ2) is 2.97. The summed E-state index contributed by atoms with van der Waals surface area (Å²) in [6, 6.07) is 3.34. The van der Waals surface area contributed by atoms with E-state index in [2.05, 4.69) is 9.73 Å². The van der Waals surface area contributed by atoms with Crippen LogP contribution in [0, 0.1) is 10.1 Å². The topological polar surface area (TPSA) is 64.7 Å². The minimum absolute atomic E-state index is 0.145. The van der Waals surface area contributed by atoms with Gasteiger partial charge in [0.1, 0.15) is 11.9 Å². The third kappa shape index (κ3) is 1.76. The van der Waals surface area contributed by atoms with Crippen molar-refractivity contribution in [1.29, 1.82) is 0 Å². The quantitative estimate of drug-likeness (QED) is 0.532. The normalized spacial score (nSPS) is 16.7. The monoisotopic (exact) mass is 214 g/mol. The summed E-state index contributed by atoms with van der Waals surface area (Å²) in [5.41, 5.74) is -0.173. The number of nitrogens with zero attached hydrogens (tertiary/aromatic N) is 2. The van der Waals surface area contributed by atoms with Crippen LogP contribution in [0.2, 0.25) is 0 Å². The molecule has 0 unspecified atom stereocenters. The molecular formula is C8H4F2N2O3. The molecule has 0 saturated carbocycles. The molecule has 1 aliphatic rings. The molecule has 0 amide bonds. The fraction of sp³-hybridized carbons (Fsp3) is 0.125. The van der Waals surface area contributed by atoms with Gasteiger partial charge in [-0.25, -0.2) is 4.99 Å². The SMILES string of the molecule is O=[N+]([O-])c1ccc2c(c1)OC(F)(F)C=N2. The Morgan fingerprint density at radius 2 is 2.20 bits per heavy atom. The van der Waals surface area contributed by atoms with Crippen molar-refractivity contribution in [3.05, 3.63) is 28.3 Å². The number of hydrogen-bond acceptors (Lipinski definition) is 4. The van der Waals surface area contributed by atoms with E-state index in [1.807, 2.05) is 0 Å². The molecule has 7 heteroatoms. The van der Waals surface area contributed by atoms with Crippen LogP contribution in [0.15, 0.2) is 23.2 Å². The highest BCUT2D eigenvalue weighted by molar-refractivity contribution is 5.75. The van der Waals surface area contributed by atoms with Crippen molar-refractivity contribution < 1.29 is 18.4 Å². The lowest BCUT2D eigenvalue weighted by Gasteiger charge is -2.18. The van der Waals surface area contributed by atoms with Crippen molar-refractivity contribution in [3.63, 3.8) is 0 Å². The van der Waals surface area contributed by atoms with Crippen molar-refractivity contribution >= 4 is 17.6 Å². The van der Waals surface area contributed by atoms with E-state index in [9.17, 15) is 18.9 Å². The molecule has 0 spiro atoms. The molecule has 1 aliphatic heterocycles. The van der Waals surface area contributed by atoms with Gasteiger partial charge in [-0.05, 0) is 6.07 Å². The van der Waals surface area contributed by atoms with E-state index in [-0.39, 0.29) is 17.1 Å². The van der Waals surface area contributed by atoms with Gasteiger partial charge in [-0.3, -0.25) is 10.1 Å². The van der Waals surface area contributed by atoms with Crippen LogP contribution in [0.5, 0.6) is 5.75 Å². The van der Waals surface area contributed by atoms with E-state index >= 15 is 0 Å². The van der Waals surface area contributed by atoms with Crippen LogP contribution < -0.4 is 4.74 Å². The van der Waals surface area contributed by atoms with Crippen molar-refractivity contribution in [1.82, 2.24) is 0 Å². The number of rotatable bonds is 1. The molecule has 1 aromatic rings. The maximum absolute atomic E-state index is 12.7. The van der Waals surface area contributed by atoms with Gasteiger partial charge in [0.2, 0.25) is 0 Å². The Labute approximate surface area is 82.1 Å². The van der Waals surface area contributed by atoms with Gasteiger partial charge in [0.05, 0.1) is 11.0 Å². The molecule has 5 nitrogen and oxygen atoms in total. The Hall–Kier alpha value is -2.05. The molecule has 0 atom stereocenters. The van der Waals surface area contributed by atoms with Gasteiger partial charge in [0, 0.05) is 6.07 Å². The largest absolute Gasteiger partial charge is 0.437 e. The standard InChI is InChI=1S/C8H4F2N2O3/c9-8(10)4-11-6-2-1-5(12(13)14)3-7(6)15-8/h1-4H. The number of halogens is 2. The Bertz CT molecular complexity index is 459. The summed E-state index contributed by atoms with van der Waals surface area (Å²) < 4.78 is 29.6. The number of aliphatic imine (C=N–C) groups is 1.